The van der Waals surface area contributed by atoms with Crippen LogP contribution >= 0.6 is 11.8 Å². The largest absolute Gasteiger partial charge is 0.481 e. The molecule has 1 N–H and O–H groups in total. The fraction of sp³-hybridized carbons (Fsp3) is 0.176. The van der Waals surface area contributed by atoms with Crippen molar-refractivity contribution in [3.8, 4) is 17.1 Å². The van der Waals surface area contributed by atoms with Gasteiger partial charge in [-0.05, 0) is 43.2 Å². The van der Waals surface area contributed by atoms with Crippen LogP contribution in [0, 0.1) is 13.8 Å². The number of nitrogens with zero attached hydrogens (tertiary/aromatic N) is 4. The molecule has 2 aromatic heterocycles. The van der Waals surface area contributed by atoms with Gasteiger partial charge in [-0.1, -0.05) is 23.9 Å². The summed E-state index contributed by atoms with van der Waals surface area (Å²) in [6, 6.07) is 9.86. The van der Waals surface area contributed by atoms with Crippen molar-refractivity contribution in [2.45, 2.75) is 19.0 Å². The molecule has 0 aliphatic rings. The van der Waals surface area contributed by atoms with Gasteiger partial charge >= 0.3 is 5.97 Å². The molecule has 3 rings (SSSR count). The lowest BCUT2D eigenvalue weighted by molar-refractivity contribution is -0.133. The van der Waals surface area contributed by atoms with Crippen molar-refractivity contribution < 1.29 is 9.90 Å². The third-order valence-electron chi connectivity index (χ3n) is 3.48. The standard InChI is InChI=1S/C17H16N4O2S/c1-11-5-6-12(2)14(8-11)21-16(13-4-3-7-18-9-13)19-20-17(21)24-10-15(22)23/h3-9H,10H2,1-2H3,(H,22,23). The van der Waals surface area contributed by atoms with Crippen LogP contribution < -0.4 is 0 Å². The number of hydrogen-bond acceptors (Lipinski definition) is 5. The van der Waals surface area contributed by atoms with E-state index in [1.807, 2.05) is 48.7 Å². The minimum atomic E-state index is -0.890. The van der Waals surface area contributed by atoms with Crippen LogP contribution in [-0.2, 0) is 4.79 Å². The van der Waals surface area contributed by atoms with Crippen LogP contribution in [-0.4, -0.2) is 36.6 Å². The molecule has 24 heavy (non-hydrogen) atoms. The van der Waals surface area contributed by atoms with E-state index in [2.05, 4.69) is 15.2 Å². The Morgan fingerprint density at radius 2 is 2.08 bits per heavy atom. The molecule has 0 amide bonds. The molecule has 3 aromatic rings. The number of aliphatic carboxylic acids is 1. The van der Waals surface area contributed by atoms with Crippen molar-refractivity contribution in [1.82, 2.24) is 19.7 Å². The Morgan fingerprint density at radius 1 is 1.25 bits per heavy atom. The maximum Gasteiger partial charge on any atom is 0.313 e. The zero-order valence-electron chi connectivity index (χ0n) is 13.3. The van der Waals surface area contributed by atoms with Crippen LogP contribution in [0.2, 0.25) is 0 Å². The molecule has 0 atom stereocenters. The highest BCUT2D eigenvalue weighted by molar-refractivity contribution is 7.99. The van der Waals surface area contributed by atoms with Gasteiger partial charge in [0.2, 0.25) is 0 Å². The second-order valence-electron chi connectivity index (χ2n) is 5.36. The summed E-state index contributed by atoms with van der Waals surface area (Å²) in [4.78, 5) is 15.1. The van der Waals surface area contributed by atoms with Crippen LogP contribution in [0.5, 0.6) is 0 Å². The Morgan fingerprint density at radius 3 is 2.79 bits per heavy atom. The molecule has 6 nitrogen and oxygen atoms in total. The molecule has 0 aliphatic heterocycles. The number of benzene rings is 1. The lowest BCUT2D eigenvalue weighted by atomic mass is 10.1. The summed E-state index contributed by atoms with van der Waals surface area (Å²) in [5.74, 6) is -0.320. The molecular weight excluding hydrogens is 324 g/mol. The Bertz CT molecular complexity index is 878. The molecule has 0 aliphatic carbocycles. The predicted octanol–water partition coefficient (Wildman–Crippen LogP) is 3.12. The van der Waals surface area contributed by atoms with Gasteiger partial charge < -0.3 is 5.11 Å². The summed E-state index contributed by atoms with van der Waals surface area (Å²) >= 11 is 1.15. The molecule has 0 unspecified atom stereocenters. The average molecular weight is 340 g/mol. The van der Waals surface area contributed by atoms with Crippen molar-refractivity contribution in [1.29, 1.82) is 0 Å². The van der Waals surface area contributed by atoms with E-state index in [1.54, 1.807) is 12.4 Å². The first-order valence-corrected chi connectivity index (χ1v) is 8.33. The van der Waals surface area contributed by atoms with E-state index in [0.29, 0.717) is 11.0 Å². The highest BCUT2D eigenvalue weighted by Crippen LogP contribution is 2.29. The second-order valence-corrected chi connectivity index (χ2v) is 6.30. The summed E-state index contributed by atoms with van der Waals surface area (Å²) < 4.78 is 1.90. The number of aryl methyl sites for hydroxylation is 2. The number of hydrogen-bond donors (Lipinski definition) is 1. The number of pyridine rings is 1. The number of aromatic nitrogens is 4. The molecule has 1 aromatic carbocycles. The smallest absolute Gasteiger partial charge is 0.313 e. The van der Waals surface area contributed by atoms with Crippen molar-refractivity contribution in [2.24, 2.45) is 0 Å². The quantitative estimate of drug-likeness (QED) is 0.719. The van der Waals surface area contributed by atoms with Gasteiger partial charge in [-0.15, -0.1) is 10.2 Å². The van der Waals surface area contributed by atoms with E-state index >= 15 is 0 Å². The monoisotopic (exact) mass is 340 g/mol. The van der Waals surface area contributed by atoms with Gasteiger partial charge in [-0.25, -0.2) is 0 Å². The molecule has 0 spiro atoms. The van der Waals surface area contributed by atoms with E-state index in [4.69, 9.17) is 5.11 Å². The van der Waals surface area contributed by atoms with Crippen LogP contribution in [0.25, 0.3) is 17.1 Å². The molecule has 0 fully saturated rings. The van der Waals surface area contributed by atoms with E-state index < -0.39 is 5.97 Å². The van der Waals surface area contributed by atoms with Crippen molar-refractivity contribution in [2.75, 3.05) is 5.75 Å². The van der Waals surface area contributed by atoms with Gasteiger partial charge in [0.1, 0.15) is 0 Å². The first-order valence-electron chi connectivity index (χ1n) is 7.34. The number of rotatable bonds is 5. The maximum atomic E-state index is 10.9. The number of carboxylic acid groups (broad SMARTS) is 1. The summed E-state index contributed by atoms with van der Waals surface area (Å²) in [7, 11) is 0. The molecule has 122 valence electrons. The second kappa shape index (κ2) is 6.84. The minimum absolute atomic E-state index is 0.0734. The first-order chi connectivity index (χ1) is 11.6. The summed E-state index contributed by atoms with van der Waals surface area (Å²) in [6.45, 7) is 4.02. The van der Waals surface area contributed by atoms with E-state index in [9.17, 15) is 4.79 Å². The van der Waals surface area contributed by atoms with Crippen LogP contribution in [0.4, 0.5) is 0 Å². The Kier molecular flexibility index (Phi) is 4.61. The van der Waals surface area contributed by atoms with Crippen molar-refractivity contribution >= 4 is 17.7 Å². The zero-order valence-corrected chi connectivity index (χ0v) is 14.1. The average Bonchev–Trinajstić information content (AvgIpc) is 2.99. The summed E-state index contributed by atoms with van der Waals surface area (Å²) in [5, 5.41) is 18.0. The highest BCUT2D eigenvalue weighted by Gasteiger charge is 2.18. The van der Waals surface area contributed by atoms with Gasteiger partial charge in [0.15, 0.2) is 11.0 Å². The van der Waals surface area contributed by atoms with Gasteiger partial charge in [-0.2, -0.15) is 0 Å². The zero-order chi connectivity index (χ0) is 17.1. The molecule has 0 saturated carbocycles. The SMILES string of the molecule is Cc1ccc(C)c(-n2c(SCC(=O)O)nnc2-c2cccnc2)c1. The van der Waals surface area contributed by atoms with E-state index in [1.165, 1.54) is 0 Å². The number of carbonyl (C=O) groups is 1. The normalized spacial score (nSPS) is 10.8. The minimum Gasteiger partial charge on any atom is -0.481 e. The summed E-state index contributed by atoms with van der Waals surface area (Å²) in [5.41, 5.74) is 3.93. The molecular formula is C17H16N4O2S. The van der Waals surface area contributed by atoms with Crippen molar-refractivity contribution in [3.63, 3.8) is 0 Å². The van der Waals surface area contributed by atoms with Gasteiger partial charge in [0, 0.05) is 18.0 Å². The number of carboxylic acids is 1. The fourth-order valence-corrected chi connectivity index (χ4v) is 3.01. The van der Waals surface area contributed by atoms with Crippen LogP contribution in [0.15, 0.2) is 47.9 Å². The predicted molar refractivity (Wildman–Crippen MR) is 92.4 cm³/mol. The summed E-state index contributed by atoms with van der Waals surface area (Å²) in [6.07, 6.45) is 3.42. The molecule has 2 heterocycles. The van der Waals surface area contributed by atoms with Gasteiger partial charge in [0.05, 0.1) is 11.4 Å². The maximum absolute atomic E-state index is 10.9. The first kappa shape index (κ1) is 16.2. The highest BCUT2D eigenvalue weighted by atomic mass is 32.2. The molecule has 0 saturated heterocycles. The van der Waals surface area contributed by atoms with Gasteiger partial charge in [0.25, 0.3) is 0 Å². The Hall–Kier alpha value is -2.67. The van der Waals surface area contributed by atoms with E-state index in [0.717, 1.165) is 34.1 Å². The Balaban J connectivity index is 2.17. The molecule has 0 bridgehead atoms. The van der Waals surface area contributed by atoms with Crippen molar-refractivity contribution in [3.05, 3.63) is 53.9 Å². The molecule has 7 heteroatoms. The topological polar surface area (TPSA) is 80.9 Å². The molecule has 0 radical (unpaired) electrons. The van der Waals surface area contributed by atoms with E-state index in [-0.39, 0.29) is 5.75 Å². The van der Waals surface area contributed by atoms with Crippen LogP contribution in [0.1, 0.15) is 11.1 Å². The lowest BCUT2D eigenvalue weighted by Crippen LogP contribution is -2.05. The third-order valence-corrected chi connectivity index (χ3v) is 4.40. The van der Waals surface area contributed by atoms with Crippen LogP contribution in [0.3, 0.4) is 0 Å². The Labute approximate surface area is 143 Å². The third kappa shape index (κ3) is 3.30. The lowest BCUT2D eigenvalue weighted by Gasteiger charge is -2.13. The fourth-order valence-electron chi connectivity index (χ4n) is 2.35. The van der Waals surface area contributed by atoms with Gasteiger partial charge in [-0.3, -0.25) is 14.3 Å². The number of thioether (sulfide) groups is 1.